The second-order valence-corrected chi connectivity index (χ2v) is 2.62. The van der Waals surface area contributed by atoms with E-state index in [1.165, 1.54) is 0 Å². The summed E-state index contributed by atoms with van der Waals surface area (Å²) in [6.45, 7) is 3.38. The van der Waals surface area contributed by atoms with E-state index in [1.807, 2.05) is 0 Å². The lowest BCUT2D eigenvalue weighted by atomic mass is 9.98. The molecule has 0 spiro atoms. The third-order valence-corrected chi connectivity index (χ3v) is 1.76. The molecule has 0 fully saturated rings. The number of carbonyl (C=O) groups is 1. The second kappa shape index (κ2) is 4.28. The summed E-state index contributed by atoms with van der Waals surface area (Å²) in [6.07, 6.45) is -2.99. The van der Waals surface area contributed by atoms with Gasteiger partial charge in [0.1, 0.15) is 0 Å². The molecule has 0 aliphatic heterocycles. The molecule has 4 heteroatoms. The molecule has 0 saturated carbocycles. The zero-order chi connectivity index (χ0) is 9.02. The number of carboxylic acids is 1. The van der Waals surface area contributed by atoms with Crippen LogP contribution in [0.3, 0.4) is 0 Å². The van der Waals surface area contributed by atoms with Crippen LogP contribution in [0.25, 0.3) is 0 Å². The number of aliphatic carboxylic acids is 1. The number of halogens is 1. The maximum Gasteiger partial charge on any atom is 0.341 e. The van der Waals surface area contributed by atoms with Crippen LogP contribution in [-0.2, 0) is 4.79 Å². The molecule has 0 heterocycles. The molecular formula is C7H13FO3. The summed E-state index contributed by atoms with van der Waals surface area (Å²) in [4.78, 5) is 10.0. The SMILES string of the molecule is CCC(C)C(O)C(F)C(=O)O. The van der Waals surface area contributed by atoms with Crippen molar-refractivity contribution >= 4 is 5.97 Å². The summed E-state index contributed by atoms with van der Waals surface area (Å²) in [7, 11) is 0. The van der Waals surface area contributed by atoms with Crippen LogP contribution in [0.5, 0.6) is 0 Å². The lowest BCUT2D eigenvalue weighted by Crippen LogP contribution is -2.34. The molecule has 66 valence electrons. The van der Waals surface area contributed by atoms with E-state index in [1.54, 1.807) is 13.8 Å². The fraction of sp³-hybridized carbons (Fsp3) is 0.857. The summed E-state index contributed by atoms with van der Waals surface area (Å²) in [5, 5.41) is 17.2. The van der Waals surface area contributed by atoms with Crippen molar-refractivity contribution in [2.75, 3.05) is 0 Å². The number of carboxylic acid groups (broad SMARTS) is 1. The highest BCUT2D eigenvalue weighted by atomic mass is 19.1. The Morgan fingerprint density at radius 1 is 1.64 bits per heavy atom. The van der Waals surface area contributed by atoms with Crippen molar-refractivity contribution in [2.45, 2.75) is 32.5 Å². The number of hydrogen-bond donors (Lipinski definition) is 2. The fourth-order valence-electron chi connectivity index (χ4n) is 0.676. The largest absolute Gasteiger partial charge is 0.479 e. The van der Waals surface area contributed by atoms with Gasteiger partial charge < -0.3 is 10.2 Å². The van der Waals surface area contributed by atoms with E-state index in [-0.39, 0.29) is 5.92 Å². The van der Waals surface area contributed by atoms with Crippen molar-refractivity contribution in [1.29, 1.82) is 0 Å². The minimum atomic E-state index is -2.16. The van der Waals surface area contributed by atoms with E-state index < -0.39 is 18.2 Å². The molecule has 0 bridgehead atoms. The van der Waals surface area contributed by atoms with Gasteiger partial charge in [0.15, 0.2) is 0 Å². The van der Waals surface area contributed by atoms with E-state index in [2.05, 4.69) is 0 Å². The summed E-state index contributed by atoms with van der Waals surface area (Å²) >= 11 is 0. The van der Waals surface area contributed by atoms with Gasteiger partial charge in [0, 0.05) is 0 Å². The highest BCUT2D eigenvalue weighted by Crippen LogP contribution is 2.13. The molecule has 0 aliphatic rings. The monoisotopic (exact) mass is 164 g/mol. The summed E-state index contributed by atoms with van der Waals surface area (Å²) in [6, 6.07) is 0. The van der Waals surface area contributed by atoms with Crippen molar-refractivity contribution in [2.24, 2.45) is 5.92 Å². The number of aliphatic hydroxyl groups is 1. The van der Waals surface area contributed by atoms with Crippen LogP contribution in [0.1, 0.15) is 20.3 Å². The van der Waals surface area contributed by atoms with Crippen molar-refractivity contribution in [3.05, 3.63) is 0 Å². The van der Waals surface area contributed by atoms with E-state index >= 15 is 0 Å². The minimum Gasteiger partial charge on any atom is -0.479 e. The third kappa shape index (κ3) is 2.84. The Balaban J connectivity index is 4.00. The molecule has 3 unspecified atom stereocenters. The molecule has 11 heavy (non-hydrogen) atoms. The van der Waals surface area contributed by atoms with Crippen LogP contribution in [-0.4, -0.2) is 28.5 Å². The normalized spacial score (nSPS) is 18.9. The Morgan fingerprint density at radius 2 is 2.09 bits per heavy atom. The van der Waals surface area contributed by atoms with Crippen LogP contribution in [0.15, 0.2) is 0 Å². The lowest BCUT2D eigenvalue weighted by molar-refractivity contribution is -0.148. The van der Waals surface area contributed by atoms with E-state index in [4.69, 9.17) is 10.2 Å². The van der Waals surface area contributed by atoms with E-state index in [0.717, 1.165) is 0 Å². The standard InChI is InChI=1S/C7H13FO3/c1-3-4(2)6(9)5(8)7(10)11/h4-6,9H,3H2,1-2H3,(H,10,11). The van der Waals surface area contributed by atoms with Gasteiger partial charge >= 0.3 is 5.97 Å². The summed E-state index contributed by atoms with van der Waals surface area (Å²) in [5.41, 5.74) is 0. The maximum atomic E-state index is 12.5. The van der Waals surface area contributed by atoms with Crippen molar-refractivity contribution in [1.82, 2.24) is 0 Å². The average molecular weight is 164 g/mol. The Hall–Kier alpha value is -0.640. The number of rotatable bonds is 4. The van der Waals surface area contributed by atoms with Crippen molar-refractivity contribution in [3.8, 4) is 0 Å². The molecule has 0 radical (unpaired) electrons. The van der Waals surface area contributed by atoms with Crippen LogP contribution < -0.4 is 0 Å². The number of aliphatic hydroxyl groups excluding tert-OH is 1. The van der Waals surface area contributed by atoms with Crippen molar-refractivity contribution in [3.63, 3.8) is 0 Å². The molecule has 0 aliphatic carbocycles. The van der Waals surface area contributed by atoms with Gasteiger partial charge in [-0.15, -0.1) is 0 Å². The van der Waals surface area contributed by atoms with Gasteiger partial charge in [0.2, 0.25) is 6.17 Å². The first-order valence-electron chi connectivity index (χ1n) is 3.55. The molecule has 0 aromatic rings. The van der Waals surface area contributed by atoms with Crippen LogP contribution in [0.2, 0.25) is 0 Å². The average Bonchev–Trinajstić information content (AvgIpc) is 2.00. The summed E-state index contributed by atoms with van der Waals surface area (Å²) in [5.74, 6) is -1.92. The Bertz CT molecular complexity index is 138. The Labute approximate surface area is 64.8 Å². The van der Waals surface area contributed by atoms with E-state index in [9.17, 15) is 9.18 Å². The minimum absolute atomic E-state index is 0.318. The van der Waals surface area contributed by atoms with Gasteiger partial charge in [0.25, 0.3) is 0 Å². The lowest BCUT2D eigenvalue weighted by Gasteiger charge is -2.17. The first-order chi connectivity index (χ1) is 5.00. The predicted octanol–water partition coefficient (Wildman–Crippen LogP) is 0.816. The highest BCUT2D eigenvalue weighted by molar-refractivity contribution is 5.72. The Kier molecular flexibility index (Phi) is 4.03. The zero-order valence-corrected chi connectivity index (χ0v) is 6.62. The summed E-state index contributed by atoms with van der Waals surface area (Å²) < 4.78 is 12.5. The van der Waals surface area contributed by atoms with Gasteiger partial charge in [-0.25, -0.2) is 9.18 Å². The quantitative estimate of drug-likeness (QED) is 0.646. The van der Waals surface area contributed by atoms with Gasteiger partial charge in [0.05, 0.1) is 6.10 Å². The maximum absolute atomic E-state index is 12.5. The smallest absolute Gasteiger partial charge is 0.341 e. The second-order valence-electron chi connectivity index (χ2n) is 2.62. The van der Waals surface area contributed by atoms with Crippen molar-refractivity contribution < 1.29 is 19.4 Å². The highest BCUT2D eigenvalue weighted by Gasteiger charge is 2.29. The molecule has 0 aromatic carbocycles. The molecule has 0 rings (SSSR count). The van der Waals surface area contributed by atoms with Gasteiger partial charge in [-0.05, 0) is 5.92 Å². The fourth-order valence-corrected chi connectivity index (χ4v) is 0.676. The third-order valence-electron chi connectivity index (χ3n) is 1.76. The number of hydrogen-bond acceptors (Lipinski definition) is 2. The van der Waals surface area contributed by atoms with Crippen LogP contribution in [0.4, 0.5) is 4.39 Å². The van der Waals surface area contributed by atoms with Gasteiger partial charge in [-0.1, -0.05) is 20.3 Å². The molecule has 0 aromatic heterocycles. The zero-order valence-electron chi connectivity index (χ0n) is 6.62. The number of alkyl halides is 1. The molecule has 0 amide bonds. The van der Waals surface area contributed by atoms with E-state index in [0.29, 0.717) is 6.42 Å². The predicted molar refractivity (Wildman–Crippen MR) is 38.0 cm³/mol. The molecular weight excluding hydrogens is 151 g/mol. The molecule has 3 atom stereocenters. The topological polar surface area (TPSA) is 57.5 Å². The molecule has 0 saturated heterocycles. The molecule has 3 nitrogen and oxygen atoms in total. The Morgan fingerprint density at radius 3 is 2.36 bits per heavy atom. The van der Waals surface area contributed by atoms with Gasteiger partial charge in [-0.2, -0.15) is 0 Å². The van der Waals surface area contributed by atoms with Crippen LogP contribution in [0, 0.1) is 5.92 Å². The first kappa shape index (κ1) is 10.4. The van der Waals surface area contributed by atoms with Gasteiger partial charge in [-0.3, -0.25) is 0 Å². The first-order valence-corrected chi connectivity index (χ1v) is 3.55. The molecule has 2 N–H and O–H groups in total. The van der Waals surface area contributed by atoms with Crippen LogP contribution >= 0.6 is 0 Å².